The van der Waals surface area contributed by atoms with Gasteiger partial charge in [-0.2, -0.15) is 5.26 Å². The lowest BCUT2D eigenvalue weighted by Crippen LogP contribution is -2.21. The lowest BCUT2D eigenvalue weighted by Gasteiger charge is -2.09. The maximum absolute atomic E-state index is 11.9. The molecule has 1 amide bonds. The Labute approximate surface area is 133 Å². The first-order chi connectivity index (χ1) is 10.6. The van der Waals surface area contributed by atoms with Gasteiger partial charge in [0, 0.05) is 4.88 Å². The number of aryl methyl sites for hydroxylation is 1. The molecule has 2 atom stereocenters. The highest BCUT2D eigenvalue weighted by Crippen LogP contribution is 2.39. The Morgan fingerprint density at radius 1 is 1.41 bits per heavy atom. The maximum atomic E-state index is 11.9. The van der Waals surface area contributed by atoms with Crippen LogP contribution in [-0.4, -0.2) is 18.5 Å². The van der Waals surface area contributed by atoms with Crippen LogP contribution in [0.5, 0.6) is 0 Å². The van der Waals surface area contributed by atoms with Crippen LogP contribution in [0.2, 0.25) is 0 Å². The Morgan fingerprint density at radius 2 is 2.14 bits per heavy atom. The van der Waals surface area contributed by atoms with Crippen LogP contribution in [-0.2, 0) is 27.2 Å². The van der Waals surface area contributed by atoms with E-state index in [-0.39, 0.29) is 24.4 Å². The van der Waals surface area contributed by atoms with E-state index in [0.717, 1.165) is 37.7 Å². The molecule has 1 aromatic heterocycles. The Bertz CT molecular complexity index is 659. The molecule has 0 unspecified atom stereocenters. The summed E-state index contributed by atoms with van der Waals surface area (Å²) in [6.45, 7) is 1.71. The number of rotatable bonds is 4. The molecule has 5 nitrogen and oxygen atoms in total. The number of carbonyl (C=O) groups excluding carboxylic acids is 2. The number of nitrogens with one attached hydrogen (secondary N) is 1. The van der Waals surface area contributed by atoms with E-state index in [1.54, 1.807) is 0 Å². The molecule has 0 radical (unpaired) electrons. The van der Waals surface area contributed by atoms with Crippen molar-refractivity contribution in [3.05, 3.63) is 16.0 Å². The summed E-state index contributed by atoms with van der Waals surface area (Å²) < 4.78 is 5.02. The predicted octanol–water partition coefficient (Wildman–Crippen LogP) is 2.64. The minimum absolute atomic E-state index is 0.0449. The van der Waals surface area contributed by atoms with Crippen LogP contribution in [0.1, 0.15) is 42.2 Å². The smallest absolute Gasteiger partial charge is 0.309 e. The number of carbonyl (C=O) groups is 2. The summed E-state index contributed by atoms with van der Waals surface area (Å²) in [5, 5.41) is 12.6. The highest BCUT2D eigenvalue weighted by atomic mass is 32.1. The fraction of sp³-hybridized carbons (Fsp3) is 0.562. The van der Waals surface area contributed by atoms with Crippen LogP contribution in [0.4, 0.5) is 5.00 Å². The van der Waals surface area contributed by atoms with Crippen LogP contribution in [0.15, 0.2) is 0 Å². The van der Waals surface area contributed by atoms with Crippen molar-refractivity contribution in [1.82, 2.24) is 0 Å². The van der Waals surface area contributed by atoms with Crippen molar-refractivity contribution in [2.75, 3.05) is 11.9 Å². The number of hydrogen-bond donors (Lipinski definition) is 1. The number of thiophene rings is 1. The lowest BCUT2D eigenvalue weighted by atomic mass is 9.96. The largest absolute Gasteiger partial charge is 0.455 e. The van der Waals surface area contributed by atoms with Crippen LogP contribution in [0.3, 0.4) is 0 Å². The summed E-state index contributed by atoms with van der Waals surface area (Å²) in [7, 11) is 0. The first-order valence-electron chi connectivity index (χ1n) is 7.61. The topological polar surface area (TPSA) is 79.2 Å². The van der Waals surface area contributed by atoms with Gasteiger partial charge in [0.15, 0.2) is 6.61 Å². The third kappa shape index (κ3) is 3.00. The van der Waals surface area contributed by atoms with Gasteiger partial charge in [-0.1, -0.05) is 6.92 Å². The molecule has 1 aromatic rings. The summed E-state index contributed by atoms with van der Waals surface area (Å²) in [5.74, 6) is -0.355. The van der Waals surface area contributed by atoms with Gasteiger partial charge in [0.05, 0.1) is 11.5 Å². The SMILES string of the molecule is C[C@H]1C[C@H]1C(=O)OCC(=O)Nc1sc2c(c1C#N)CCCC2. The van der Waals surface area contributed by atoms with Gasteiger partial charge in [0.2, 0.25) is 0 Å². The molecule has 3 rings (SSSR count). The zero-order valence-electron chi connectivity index (χ0n) is 12.5. The molecule has 6 heteroatoms. The highest BCUT2D eigenvalue weighted by Gasteiger charge is 2.40. The summed E-state index contributed by atoms with van der Waals surface area (Å²) in [5.41, 5.74) is 1.66. The first kappa shape index (κ1) is 15.0. The molecule has 0 spiro atoms. The molecule has 22 heavy (non-hydrogen) atoms. The quantitative estimate of drug-likeness (QED) is 0.866. The fourth-order valence-corrected chi connectivity index (χ4v) is 4.09. The van der Waals surface area contributed by atoms with Gasteiger partial charge in [0.25, 0.3) is 5.91 Å². The molecular weight excluding hydrogens is 300 g/mol. The molecule has 1 saturated carbocycles. The van der Waals surface area contributed by atoms with Crippen LogP contribution < -0.4 is 5.32 Å². The highest BCUT2D eigenvalue weighted by molar-refractivity contribution is 7.16. The summed E-state index contributed by atoms with van der Waals surface area (Å²) in [4.78, 5) is 24.7. The van der Waals surface area contributed by atoms with Gasteiger partial charge in [-0.25, -0.2) is 0 Å². The molecular formula is C16H18N2O3S. The van der Waals surface area contributed by atoms with E-state index in [9.17, 15) is 14.9 Å². The number of hydrogen-bond acceptors (Lipinski definition) is 5. The molecule has 0 aromatic carbocycles. The third-order valence-electron chi connectivity index (χ3n) is 4.29. The predicted molar refractivity (Wildman–Crippen MR) is 82.5 cm³/mol. The van der Waals surface area contributed by atoms with Gasteiger partial charge >= 0.3 is 5.97 Å². The Morgan fingerprint density at radius 3 is 2.82 bits per heavy atom. The van der Waals surface area contributed by atoms with E-state index in [4.69, 9.17) is 4.74 Å². The number of amides is 1. The fourth-order valence-electron chi connectivity index (χ4n) is 2.83. The van der Waals surface area contributed by atoms with Gasteiger partial charge in [-0.05, 0) is 43.6 Å². The van der Waals surface area contributed by atoms with Crippen molar-refractivity contribution >= 4 is 28.2 Å². The third-order valence-corrected chi connectivity index (χ3v) is 5.50. The lowest BCUT2D eigenvalue weighted by molar-refractivity contribution is -0.148. The van der Waals surface area contributed by atoms with Crippen LogP contribution in [0.25, 0.3) is 0 Å². The first-order valence-corrected chi connectivity index (χ1v) is 8.43. The molecule has 2 aliphatic rings. The monoisotopic (exact) mass is 318 g/mol. The normalized spacial score (nSPS) is 22.4. The van der Waals surface area contributed by atoms with Crippen molar-refractivity contribution in [3.63, 3.8) is 0 Å². The van der Waals surface area contributed by atoms with E-state index < -0.39 is 0 Å². The Hall–Kier alpha value is -1.87. The van der Waals surface area contributed by atoms with Crippen molar-refractivity contribution in [2.45, 2.75) is 39.0 Å². The summed E-state index contributed by atoms with van der Waals surface area (Å²) in [6.07, 6.45) is 4.93. The van der Waals surface area contributed by atoms with Gasteiger partial charge < -0.3 is 10.1 Å². The van der Waals surface area contributed by atoms with E-state index in [2.05, 4.69) is 11.4 Å². The summed E-state index contributed by atoms with van der Waals surface area (Å²) in [6, 6.07) is 2.20. The molecule has 0 aliphatic heterocycles. The van der Waals surface area contributed by atoms with Crippen LogP contribution >= 0.6 is 11.3 Å². The average molecular weight is 318 g/mol. The molecule has 0 saturated heterocycles. The second-order valence-corrected chi connectivity index (χ2v) is 7.11. The van der Waals surface area contributed by atoms with E-state index in [1.165, 1.54) is 16.2 Å². The molecule has 1 heterocycles. The average Bonchev–Trinajstić information content (AvgIpc) is 3.13. The molecule has 1 fully saturated rings. The number of anilines is 1. The van der Waals surface area contributed by atoms with E-state index in [0.29, 0.717) is 16.5 Å². The van der Waals surface area contributed by atoms with E-state index in [1.807, 2.05) is 6.92 Å². The number of esters is 1. The molecule has 1 N–H and O–H groups in total. The molecule has 116 valence electrons. The van der Waals surface area contributed by atoms with Gasteiger partial charge in [0.1, 0.15) is 11.1 Å². The standard InChI is InChI=1S/C16H18N2O3S/c1-9-6-11(9)16(20)21-8-14(19)18-15-12(7-17)10-4-2-3-5-13(10)22-15/h9,11H,2-6,8H2,1H3,(H,18,19)/t9-,11+/m0/s1. The zero-order chi connectivity index (χ0) is 15.7. The van der Waals surface area contributed by atoms with Crippen molar-refractivity contribution in [3.8, 4) is 6.07 Å². The second-order valence-electron chi connectivity index (χ2n) is 6.00. The number of nitrogens with zero attached hydrogens (tertiary/aromatic N) is 1. The van der Waals surface area contributed by atoms with Crippen molar-refractivity contribution < 1.29 is 14.3 Å². The van der Waals surface area contributed by atoms with Crippen LogP contribution in [0, 0.1) is 23.2 Å². The molecule has 0 bridgehead atoms. The minimum Gasteiger partial charge on any atom is -0.455 e. The van der Waals surface area contributed by atoms with Gasteiger partial charge in [-0.15, -0.1) is 11.3 Å². The Balaban J connectivity index is 1.60. The number of nitriles is 1. The number of fused-ring (bicyclic) bond motifs is 1. The Kier molecular flexibility index (Phi) is 4.16. The minimum atomic E-state index is -0.378. The van der Waals surface area contributed by atoms with Gasteiger partial charge in [-0.3, -0.25) is 9.59 Å². The maximum Gasteiger partial charge on any atom is 0.309 e. The second kappa shape index (κ2) is 6.09. The van der Waals surface area contributed by atoms with Crippen molar-refractivity contribution in [2.24, 2.45) is 11.8 Å². The van der Waals surface area contributed by atoms with E-state index >= 15 is 0 Å². The van der Waals surface area contributed by atoms with Crippen molar-refractivity contribution in [1.29, 1.82) is 5.26 Å². The summed E-state index contributed by atoms with van der Waals surface area (Å²) >= 11 is 1.47. The molecule has 2 aliphatic carbocycles. The number of ether oxygens (including phenoxy) is 1. The zero-order valence-corrected chi connectivity index (χ0v) is 13.3.